The zero-order valence-corrected chi connectivity index (χ0v) is 20.9. The molecule has 0 aromatic heterocycles. The van der Waals surface area contributed by atoms with Crippen molar-refractivity contribution in [2.75, 3.05) is 13.6 Å². The van der Waals surface area contributed by atoms with Gasteiger partial charge in [0, 0.05) is 11.5 Å². The Balaban J connectivity index is 0.00000245. The number of benzene rings is 3. The standard InChI is InChI=1S/C26H27NO3S.BrH/c1-19-8-12-24(13-9-19)31(28,29)30-23-11-10-20-16-22-18-26(25(20)17-23,14-15-27(22)2)21-6-4-3-5-7-21;/h3-13,17,22H,14-16,18H2,1-2H3;1H. The average Bonchev–Trinajstić information content (AvgIpc) is 2.77. The first-order valence-corrected chi connectivity index (χ1v) is 12.2. The van der Waals surface area contributed by atoms with Crippen LogP contribution >= 0.6 is 17.0 Å². The number of nitrogens with zero attached hydrogens (tertiary/aromatic N) is 1. The zero-order chi connectivity index (χ0) is 21.6. The van der Waals surface area contributed by atoms with Crippen LogP contribution in [0, 0.1) is 6.92 Å². The summed E-state index contributed by atoms with van der Waals surface area (Å²) in [5.74, 6) is 0.381. The van der Waals surface area contributed by atoms with E-state index >= 15 is 0 Å². The number of hydrogen-bond donors (Lipinski definition) is 0. The molecule has 2 bridgehead atoms. The fraction of sp³-hybridized carbons (Fsp3) is 0.308. The molecular formula is C26H28BrNO3S. The van der Waals surface area contributed by atoms with Crippen molar-refractivity contribution in [2.24, 2.45) is 0 Å². The molecule has 0 spiro atoms. The lowest BCUT2D eigenvalue weighted by Crippen LogP contribution is -2.52. The second-order valence-corrected chi connectivity index (χ2v) is 10.5. The van der Waals surface area contributed by atoms with E-state index in [2.05, 4.69) is 42.3 Å². The van der Waals surface area contributed by atoms with Gasteiger partial charge in [0.05, 0.1) is 0 Å². The van der Waals surface area contributed by atoms with Crippen LogP contribution < -0.4 is 4.18 Å². The number of piperidine rings is 1. The van der Waals surface area contributed by atoms with E-state index < -0.39 is 10.1 Å². The Morgan fingerprint density at radius 2 is 1.72 bits per heavy atom. The quantitative estimate of drug-likeness (QED) is 0.445. The average molecular weight is 514 g/mol. The summed E-state index contributed by atoms with van der Waals surface area (Å²) in [5.41, 5.74) is 4.69. The molecule has 3 aromatic carbocycles. The summed E-state index contributed by atoms with van der Waals surface area (Å²) in [6.45, 7) is 2.95. The van der Waals surface area contributed by atoms with Crippen LogP contribution in [0.5, 0.6) is 5.75 Å². The zero-order valence-electron chi connectivity index (χ0n) is 18.3. The van der Waals surface area contributed by atoms with Gasteiger partial charge in [0.1, 0.15) is 10.6 Å². The third-order valence-electron chi connectivity index (χ3n) is 6.99. The number of halogens is 1. The molecule has 5 rings (SSSR count). The lowest BCUT2D eigenvalue weighted by atomic mass is 9.60. The number of rotatable bonds is 4. The van der Waals surface area contributed by atoms with E-state index in [9.17, 15) is 8.42 Å². The van der Waals surface area contributed by atoms with Crippen LogP contribution in [0.3, 0.4) is 0 Å². The van der Waals surface area contributed by atoms with E-state index in [0.717, 1.165) is 31.4 Å². The molecular weight excluding hydrogens is 486 g/mol. The van der Waals surface area contributed by atoms with E-state index in [1.807, 2.05) is 19.1 Å². The minimum Gasteiger partial charge on any atom is -0.379 e. The van der Waals surface area contributed by atoms with Crippen molar-refractivity contribution in [3.8, 4) is 5.75 Å². The van der Waals surface area contributed by atoms with Crippen LogP contribution in [0.15, 0.2) is 77.7 Å². The second kappa shape index (κ2) is 8.65. The Hall–Kier alpha value is -2.15. The van der Waals surface area contributed by atoms with Crippen LogP contribution in [-0.4, -0.2) is 33.0 Å². The van der Waals surface area contributed by atoms with Crippen molar-refractivity contribution in [2.45, 2.75) is 42.5 Å². The summed E-state index contributed by atoms with van der Waals surface area (Å²) < 4.78 is 31.3. The number of likely N-dealkylation sites (N-methyl/N-ethyl adjacent to an activating group) is 1. The summed E-state index contributed by atoms with van der Waals surface area (Å²) in [4.78, 5) is 2.63. The topological polar surface area (TPSA) is 46.6 Å². The van der Waals surface area contributed by atoms with Crippen molar-refractivity contribution in [3.63, 3.8) is 0 Å². The van der Waals surface area contributed by atoms with Crippen LogP contribution in [-0.2, 0) is 22.0 Å². The molecule has 32 heavy (non-hydrogen) atoms. The molecule has 0 N–H and O–H groups in total. The van der Waals surface area contributed by atoms with E-state index in [1.165, 1.54) is 16.7 Å². The Bertz CT molecular complexity index is 1210. The third kappa shape index (κ3) is 4.00. The highest BCUT2D eigenvalue weighted by Crippen LogP contribution is 2.49. The monoisotopic (exact) mass is 513 g/mol. The number of fused-ring (bicyclic) bond motifs is 4. The molecule has 1 saturated heterocycles. The van der Waals surface area contributed by atoms with E-state index in [0.29, 0.717) is 11.8 Å². The second-order valence-electron chi connectivity index (χ2n) is 8.91. The summed E-state index contributed by atoms with van der Waals surface area (Å²) in [6, 6.07) is 23.7. The number of likely N-dealkylation sites (tertiary alicyclic amines) is 1. The first kappa shape index (κ1) is 23.0. The van der Waals surface area contributed by atoms with Crippen LogP contribution in [0.1, 0.15) is 35.1 Å². The lowest BCUT2D eigenvalue weighted by molar-refractivity contribution is 0.123. The van der Waals surface area contributed by atoms with Gasteiger partial charge in [0.25, 0.3) is 0 Å². The number of hydrogen-bond acceptors (Lipinski definition) is 4. The highest BCUT2D eigenvalue weighted by Gasteiger charge is 2.46. The molecule has 2 aliphatic rings. The highest BCUT2D eigenvalue weighted by atomic mass is 79.9. The van der Waals surface area contributed by atoms with Gasteiger partial charge in [-0.3, -0.25) is 0 Å². The molecule has 0 amide bonds. The van der Waals surface area contributed by atoms with Crippen molar-refractivity contribution < 1.29 is 12.6 Å². The summed E-state index contributed by atoms with van der Waals surface area (Å²) >= 11 is 0. The normalized spacial score (nSPS) is 22.5. The maximum absolute atomic E-state index is 12.9. The first-order valence-electron chi connectivity index (χ1n) is 10.8. The van der Waals surface area contributed by atoms with Gasteiger partial charge in [0.15, 0.2) is 0 Å². The van der Waals surface area contributed by atoms with Gasteiger partial charge in [0.2, 0.25) is 0 Å². The van der Waals surface area contributed by atoms with Crippen molar-refractivity contribution >= 4 is 27.1 Å². The predicted molar refractivity (Wildman–Crippen MR) is 132 cm³/mol. The largest absolute Gasteiger partial charge is 0.379 e. The molecule has 3 aromatic rings. The van der Waals surface area contributed by atoms with Crippen molar-refractivity contribution in [1.29, 1.82) is 0 Å². The maximum atomic E-state index is 12.9. The van der Waals surface area contributed by atoms with Crippen molar-refractivity contribution in [3.05, 3.63) is 95.1 Å². The van der Waals surface area contributed by atoms with Gasteiger partial charge in [-0.15, -0.1) is 17.0 Å². The minimum absolute atomic E-state index is 0. The van der Waals surface area contributed by atoms with Crippen LogP contribution in [0.2, 0.25) is 0 Å². The Morgan fingerprint density at radius 3 is 2.44 bits per heavy atom. The molecule has 0 radical (unpaired) electrons. The smallest absolute Gasteiger partial charge is 0.339 e. The van der Waals surface area contributed by atoms with Gasteiger partial charge >= 0.3 is 10.1 Å². The third-order valence-corrected chi connectivity index (χ3v) is 8.25. The van der Waals surface area contributed by atoms with Gasteiger partial charge < -0.3 is 9.08 Å². The molecule has 2 unspecified atom stereocenters. The fourth-order valence-corrected chi connectivity index (χ4v) is 6.14. The number of aryl methyl sites for hydroxylation is 1. The van der Waals surface area contributed by atoms with Gasteiger partial charge in [-0.2, -0.15) is 8.42 Å². The molecule has 0 saturated carbocycles. The molecule has 6 heteroatoms. The van der Waals surface area contributed by atoms with Gasteiger partial charge in [-0.1, -0.05) is 54.1 Å². The maximum Gasteiger partial charge on any atom is 0.339 e. The van der Waals surface area contributed by atoms with E-state index in [-0.39, 0.29) is 27.3 Å². The van der Waals surface area contributed by atoms with Crippen LogP contribution in [0.25, 0.3) is 0 Å². The summed E-state index contributed by atoms with van der Waals surface area (Å²) in [5, 5.41) is 0. The molecule has 1 aliphatic heterocycles. The lowest BCUT2D eigenvalue weighted by Gasteiger charge is -2.50. The first-order chi connectivity index (χ1) is 14.9. The molecule has 168 valence electrons. The molecule has 4 nitrogen and oxygen atoms in total. The summed E-state index contributed by atoms with van der Waals surface area (Å²) in [6.07, 6.45) is 3.02. The van der Waals surface area contributed by atoms with Gasteiger partial charge in [-0.25, -0.2) is 0 Å². The highest BCUT2D eigenvalue weighted by molar-refractivity contribution is 8.93. The Morgan fingerprint density at radius 1 is 1.00 bits per heavy atom. The molecule has 1 aliphatic carbocycles. The van der Waals surface area contributed by atoms with E-state index in [4.69, 9.17) is 4.18 Å². The van der Waals surface area contributed by atoms with Crippen LogP contribution in [0.4, 0.5) is 0 Å². The SMILES string of the molecule is Br.Cc1ccc(S(=O)(=O)Oc2ccc3c(c2)C2(c4ccccc4)CCN(C)C(C3)C2)cc1. The van der Waals surface area contributed by atoms with Crippen molar-refractivity contribution in [1.82, 2.24) is 4.90 Å². The Kier molecular flexibility index (Phi) is 6.23. The molecule has 1 heterocycles. The molecule has 1 fully saturated rings. The predicted octanol–water partition coefficient (Wildman–Crippen LogP) is 5.28. The minimum atomic E-state index is -3.88. The fourth-order valence-electron chi connectivity index (χ4n) is 5.22. The summed E-state index contributed by atoms with van der Waals surface area (Å²) in [7, 11) is -1.67. The Labute approximate surface area is 201 Å². The van der Waals surface area contributed by atoms with Gasteiger partial charge in [-0.05, 0) is 80.7 Å². The molecule has 2 atom stereocenters. The van der Waals surface area contributed by atoms with E-state index in [1.54, 1.807) is 30.3 Å².